The molecule has 5 nitrogen and oxygen atoms in total. The van der Waals surface area contributed by atoms with Gasteiger partial charge in [0.2, 0.25) is 5.91 Å². The second-order valence-electron chi connectivity index (χ2n) is 6.09. The topological polar surface area (TPSA) is 73.6 Å². The molecule has 0 aromatic heterocycles. The zero-order valence-electron chi connectivity index (χ0n) is 12.2. The molecule has 1 aromatic rings. The molecular weight excluding hydrogens is 256 g/mol. The molecule has 1 unspecified atom stereocenters. The van der Waals surface area contributed by atoms with Gasteiger partial charge in [-0.3, -0.25) is 4.79 Å². The summed E-state index contributed by atoms with van der Waals surface area (Å²) in [5.74, 6) is 1.28. The Balaban J connectivity index is 1.86. The van der Waals surface area contributed by atoms with Crippen molar-refractivity contribution in [2.75, 3.05) is 13.2 Å². The van der Waals surface area contributed by atoms with Crippen LogP contribution in [0, 0.1) is 5.41 Å². The molecule has 1 heterocycles. The quantitative estimate of drug-likeness (QED) is 0.874. The normalized spacial score (nSPS) is 19.3. The van der Waals surface area contributed by atoms with Crippen LogP contribution >= 0.6 is 0 Å². The summed E-state index contributed by atoms with van der Waals surface area (Å²) < 4.78 is 11.4. The Hall–Kier alpha value is -1.75. The third-order valence-electron chi connectivity index (χ3n) is 3.29. The molecule has 0 fully saturated rings. The molecule has 3 N–H and O–H groups in total. The van der Waals surface area contributed by atoms with Crippen molar-refractivity contribution in [3.8, 4) is 11.5 Å². The van der Waals surface area contributed by atoms with E-state index in [9.17, 15) is 4.79 Å². The molecular formula is C15H22N2O3. The molecule has 0 radical (unpaired) electrons. The van der Waals surface area contributed by atoms with Crippen molar-refractivity contribution >= 4 is 5.91 Å². The van der Waals surface area contributed by atoms with E-state index in [2.05, 4.69) is 5.32 Å². The van der Waals surface area contributed by atoms with Crippen molar-refractivity contribution in [2.45, 2.75) is 32.9 Å². The molecule has 0 aliphatic carbocycles. The number of carbonyl (C=O) groups is 1. The van der Waals surface area contributed by atoms with Crippen molar-refractivity contribution in [2.24, 2.45) is 11.1 Å². The summed E-state index contributed by atoms with van der Waals surface area (Å²) in [6.07, 6.45) is -0.194. The van der Waals surface area contributed by atoms with Gasteiger partial charge in [-0.2, -0.15) is 0 Å². The second-order valence-corrected chi connectivity index (χ2v) is 6.09. The summed E-state index contributed by atoms with van der Waals surface area (Å²) in [5, 5.41) is 2.82. The highest BCUT2D eigenvalue weighted by molar-refractivity contribution is 5.82. The van der Waals surface area contributed by atoms with E-state index in [0.29, 0.717) is 18.9 Å². The zero-order chi connectivity index (χ0) is 14.8. The fourth-order valence-corrected chi connectivity index (χ4v) is 1.88. The summed E-state index contributed by atoms with van der Waals surface area (Å²) >= 11 is 0. The number of nitrogens with two attached hydrogens (primary N) is 1. The zero-order valence-corrected chi connectivity index (χ0v) is 12.2. The average molecular weight is 278 g/mol. The number of carbonyl (C=O) groups excluding carboxylic acids is 1. The molecule has 0 saturated carbocycles. The lowest BCUT2D eigenvalue weighted by Gasteiger charge is -2.29. The van der Waals surface area contributed by atoms with Gasteiger partial charge in [-0.15, -0.1) is 0 Å². The summed E-state index contributed by atoms with van der Waals surface area (Å²) in [6, 6.07) is 6.95. The van der Waals surface area contributed by atoms with Crippen molar-refractivity contribution in [3.05, 3.63) is 24.3 Å². The van der Waals surface area contributed by atoms with Crippen LogP contribution in [-0.2, 0) is 4.79 Å². The van der Waals surface area contributed by atoms with E-state index in [-0.39, 0.29) is 17.4 Å². The molecule has 2 atom stereocenters. The standard InChI is InChI=1S/C15H22N2O3/c1-15(2,3)13(16)14(18)17-8-10-9-19-11-6-4-5-7-12(11)20-10/h4-7,10,13H,8-9,16H2,1-3H3,(H,17,18)/t10?,13-/m0/s1. The van der Waals surface area contributed by atoms with Gasteiger partial charge in [-0.05, 0) is 17.5 Å². The molecule has 1 aliphatic rings. The highest BCUT2D eigenvalue weighted by Gasteiger charge is 2.28. The highest BCUT2D eigenvalue weighted by atomic mass is 16.6. The van der Waals surface area contributed by atoms with E-state index in [1.54, 1.807) is 0 Å². The van der Waals surface area contributed by atoms with Crippen LogP contribution in [0.2, 0.25) is 0 Å². The maximum Gasteiger partial charge on any atom is 0.237 e. The summed E-state index contributed by atoms with van der Waals surface area (Å²) in [6.45, 7) is 6.62. The van der Waals surface area contributed by atoms with Crippen LogP contribution < -0.4 is 20.5 Å². The van der Waals surface area contributed by atoms with Gasteiger partial charge in [0.05, 0.1) is 12.6 Å². The van der Waals surface area contributed by atoms with Crippen molar-refractivity contribution < 1.29 is 14.3 Å². The molecule has 0 spiro atoms. The number of benzene rings is 1. The van der Waals surface area contributed by atoms with E-state index in [0.717, 1.165) is 5.75 Å². The Morgan fingerprint density at radius 2 is 2.05 bits per heavy atom. The van der Waals surface area contributed by atoms with E-state index in [1.807, 2.05) is 45.0 Å². The minimum atomic E-state index is -0.542. The lowest BCUT2D eigenvalue weighted by molar-refractivity contribution is -0.125. The lowest BCUT2D eigenvalue weighted by Crippen LogP contribution is -2.51. The Morgan fingerprint density at radius 1 is 1.40 bits per heavy atom. The number of hydrogen-bond acceptors (Lipinski definition) is 4. The van der Waals surface area contributed by atoms with Gasteiger partial charge in [-0.25, -0.2) is 0 Å². The molecule has 0 saturated heterocycles. The molecule has 2 rings (SSSR count). The highest BCUT2D eigenvalue weighted by Crippen LogP contribution is 2.30. The fraction of sp³-hybridized carbons (Fsp3) is 0.533. The third kappa shape index (κ3) is 3.42. The maximum absolute atomic E-state index is 11.9. The Labute approximate surface area is 119 Å². The van der Waals surface area contributed by atoms with E-state index < -0.39 is 6.04 Å². The summed E-state index contributed by atoms with van der Waals surface area (Å²) in [7, 11) is 0. The van der Waals surface area contributed by atoms with E-state index >= 15 is 0 Å². The molecule has 1 aromatic carbocycles. The molecule has 1 amide bonds. The number of para-hydroxylation sites is 2. The number of fused-ring (bicyclic) bond motifs is 1. The van der Waals surface area contributed by atoms with E-state index in [4.69, 9.17) is 15.2 Å². The summed E-state index contributed by atoms with van der Waals surface area (Å²) in [4.78, 5) is 11.9. The second kappa shape index (κ2) is 5.71. The van der Waals surface area contributed by atoms with Crippen LogP contribution in [0.25, 0.3) is 0 Å². The maximum atomic E-state index is 11.9. The number of amides is 1. The van der Waals surface area contributed by atoms with Crippen molar-refractivity contribution in [1.82, 2.24) is 5.32 Å². The van der Waals surface area contributed by atoms with Gasteiger partial charge in [0.1, 0.15) is 12.7 Å². The minimum absolute atomic E-state index is 0.167. The number of ether oxygens (including phenoxy) is 2. The number of rotatable bonds is 3. The first-order valence-corrected chi connectivity index (χ1v) is 6.79. The smallest absolute Gasteiger partial charge is 0.237 e. The Morgan fingerprint density at radius 3 is 2.70 bits per heavy atom. The third-order valence-corrected chi connectivity index (χ3v) is 3.29. The molecule has 5 heteroatoms. The van der Waals surface area contributed by atoms with Gasteiger partial charge < -0.3 is 20.5 Å². The van der Waals surface area contributed by atoms with Crippen LogP contribution in [0.4, 0.5) is 0 Å². The van der Waals surface area contributed by atoms with Crippen LogP contribution in [0.3, 0.4) is 0 Å². The van der Waals surface area contributed by atoms with Gasteiger partial charge in [0, 0.05) is 0 Å². The van der Waals surface area contributed by atoms with Crippen LogP contribution in [0.1, 0.15) is 20.8 Å². The fourth-order valence-electron chi connectivity index (χ4n) is 1.88. The average Bonchev–Trinajstić information content (AvgIpc) is 2.42. The predicted molar refractivity (Wildman–Crippen MR) is 76.8 cm³/mol. The number of hydrogen-bond donors (Lipinski definition) is 2. The van der Waals surface area contributed by atoms with Crippen molar-refractivity contribution in [1.29, 1.82) is 0 Å². The Bertz CT molecular complexity index is 482. The summed E-state index contributed by atoms with van der Waals surface area (Å²) in [5.41, 5.74) is 5.64. The van der Waals surface area contributed by atoms with Gasteiger partial charge in [0.25, 0.3) is 0 Å². The molecule has 20 heavy (non-hydrogen) atoms. The minimum Gasteiger partial charge on any atom is -0.486 e. The lowest BCUT2D eigenvalue weighted by atomic mass is 9.87. The first kappa shape index (κ1) is 14.7. The van der Waals surface area contributed by atoms with Crippen LogP contribution in [0.15, 0.2) is 24.3 Å². The van der Waals surface area contributed by atoms with E-state index in [1.165, 1.54) is 0 Å². The largest absolute Gasteiger partial charge is 0.486 e. The first-order valence-electron chi connectivity index (χ1n) is 6.79. The van der Waals surface area contributed by atoms with Crippen molar-refractivity contribution in [3.63, 3.8) is 0 Å². The Kier molecular flexibility index (Phi) is 4.18. The SMILES string of the molecule is CC(C)(C)[C@@H](N)C(=O)NCC1COc2ccccc2O1. The van der Waals surface area contributed by atoms with Crippen LogP contribution in [0.5, 0.6) is 11.5 Å². The van der Waals surface area contributed by atoms with Crippen LogP contribution in [-0.4, -0.2) is 31.2 Å². The molecule has 0 bridgehead atoms. The monoisotopic (exact) mass is 278 g/mol. The number of nitrogens with one attached hydrogen (secondary N) is 1. The molecule has 1 aliphatic heterocycles. The van der Waals surface area contributed by atoms with Gasteiger partial charge in [-0.1, -0.05) is 32.9 Å². The predicted octanol–water partition coefficient (Wildman–Crippen LogP) is 1.32. The molecule has 110 valence electrons. The van der Waals surface area contributed by atoms with Gasteiger partial charge >= 0.3 is 0 Å². The van der Waals surface area contributed by atoms with Gasteiger partial charge in [0.15, 0.2) is 11.5 Å². The first-order chi connectivity index (χ1) is 9.38.